The summed E-state index contributed by atoms with van der Waals surface area (Å²) in [7, 11) is 0. The number of nitrogens with one attached hydrogen (secondary N) is 2. The minimum atomic E-state index is -4.69. The monoisotopic (exact) mass is 376 g/mol. The van der Waals surface area contributed by atoms with Crippen LogP contribution in [0.25, 0.3) is 22.3 Å². The number of aromatic amines is 1. The van der Waals surface area contributed by atoms with Crippen molar-refractivity contribution in [1.29, 1.82) is 0 Å². The van der Waals surface area contributed by atoms with E-state index in [9.17, 15) is 13.2 Å². The maximum atomic E-state index is 12.3. The number of nitrogens with zero attached hydrogens (tertiary/aromatic N) is 2. The number of H-pyrrole nitrogens is 1. The molecule has 2 unspecified atom stereocenters. The summed E-state index contributed by atoms with van der Waals surface area (Å²) in [5, 5.41) is 3.42. The Balaban J connectivity index is 1.58. The first-order chi connectivity index (χ1) is 12.9. The zero-order valence-electron chi connectivity index (χ0n) is 14.7. The Morgan fingerprint density at radius 1 is 1.19 bits per heavy atom. The Morgan fingerprint density at radius 3 is 2.67 bits per heavy atom. The molecule has 27 heavy (non-hydrogen) atoms. The second kappa shape index (κ2) is 6.84. The molecule has 0 aliphatic carbocycles. The highest BCUT2D eigenvalue weighted by Gasteiger charge is 2.31. The van der Waals surface area contributed by atoms with Crippen LogP contribution >= 0.6 is 0 Å². The molecule has 1 aromatic carbocycles. The lowest BCUT2D eigenvalue weighted by molar-refractivity contribution is -0.274. The highest BCUT2D eigenvalue weighted by molar-refractivity contribution is 5.82. The topological polar surface area (TPSA) is 62.8 Å². The molecule has 3 heterocycles. The van der Waals surface area contributed by atoms with Gasteiger partial charge in [0, 0.05) is 17.7 Å². The number of piperidine rings is 1. The van der Waals surface area contributed by atoms with Gasteiger partial charge in [0.1, 0.15) is 11.6 Å². The number of fused-ring (bicyclic) bond motifs is 1. The van der Waals surface area contributed by atoms with Gasteiger partial charge < -0.3 is 15.0 Å². The van der Waals surface area contributed by atoms with E-state index < -0.39 is 6.36 Å². The molecule has 142 valence electrons. The number of aromatic nitrogens is 3. The van der Waals surface area contributed by atoms with Gasteiger partial charge >= 0.3 is 6.36 Å². The van der Waals surface area contributed by atoms with Gasteiger partial charge in [-0.15, -0.1) is 13.2 Å². The first-order valence-corrected chi connectivity index (χ1v) is 8.82. The van der Waals surface area contributed by atoms with Crippen LogP contribution in [0.15, 0.2) is 36.5 Å². The minimum Gasteiger partial charge on any atom is -0.406 e. The van der Waals surface area contributed by atoms with Gasteiger partial charge in [-0.1, -0.05) is 0 Å². The van der Waals surface area contributed by atoms with Crippen molar-refractivity contribution in [2.45, 2.75) is 38.1 Å². The molecule has 8 heteroatoms. The number of alkyl halides is 3. The van der Waals surface area contributed by atoms with E-state index in [0.29, 0.717) is 12.0 Å². The smallest absolute Gasteiger partial charge is 0.406 e. The van der Waals surface area contributed by atoms with Crippen molar-refractivity contribution < 1.29 is 17.9 Å². The van der Waals surface area contributed by atoms with Crippen LogP contribution in [0.5, 0.6) is 5.75 Å². The Labute approximate surface area is 154 Å². The van der Waals surface area contributed by atoms with Gasteiger partial charge in [-0.3, -0.25) is 0 Å². The van der Waals surface area contributed by atoms with Gasteiger partial charge in [-0.05, 0) is 62.2 Å². The summed E-state index contributed by atoms with van der Waals surface area (Å²) in [6, 6.07) is 8.08. The predicted octanol–water partition coefficient (Wildman–Crippen LogP) is 4.38. The fourth-order valence-corrected chi connectivity index (χ4v) is 3.49. The van der Waals surface area contributed by atoms with Crippen molar-refractivity contribution >= 4 is 11.0 Å². The third kappa shape index (κ3) is 4.05. The van der Waals surface area contributed by atoms with Gasteiger partial charge in [-0.2, -0.15) is 0 Å². The molecule has 0 radical (unpaired) electrons. The van der Waals surface area contributed by atoms with E-state index in [1.165, 1.54) is 12.1 Å². The van der Waals surface area contributed by atoms with Gasteiger partial charge in [-0.25, -0.2) is 9.97 Å². The summed E-state index contributed by atoms with van der Waals surface area (Å²) in [6.07, 6.45) is -0.910. The number of benzene rings is 1. The van der Waals surface area contributed by atoms with Crippen molar-refractivity contribution in [2.75, 3.05) is 6.54 Å². The lowest BCUT2D eigenvalue weighted by Gasteiger charge is -2.26. The highest BCUT2D eigenvalue weighted by Crippen LogP contribution is 2.29. The molecular formula is C19H19F3N4O. The van der Waals surface area contributed by atoms with Crippen molar-refractivity contribution in [3.8, 4) is 17.0 Å². The van der Waals surface area contributed by atoms with E-state index in [1.54, 1.807) is 18.3 Å². The van der Waals surface area contributed by atoms with Crippen molar-refractivity contribution in [2.24, 2.45) is 0 Å². The summed E-state index contributed by atoms with van der Waals surface area (Å²) in [4.78, 5) is 12.4. The highest BCUT2D eigenvalue weighted by atomic mass is 19.4. The Hall–Kier alpha value is -2.61. The fraction of sp³-hybridized carbons (Fsp3) is 0.368. The van der Waals surface area contributed by atoms with Gasteiger partial charge in [0.15, 0.2) is 0 Å². The second-order valence-corrected chi connectivity index (χ2v) is 6.86. The predicted molar refractivity (Wildman–Crippen MR) is 95.4 cm³/mol. The van der Waals surface area contributed by atoms with E-state index in [0.717, 1.165) is 47.5 Å². The summed E-state index contributed by atoms with van der Waals surface area (Å²) in [5.41, 5.74) is 3.12. The molecule has 0 bridgehead atoms. The van der Waals surface area contributed by atoms with Crippen molar-refractivity contribution in [3.63, 3.8) is 0 Å². The number of halogens is 3. The zero-order chi connectivity index (χ0) is 19.0. The van der Waals surface area contributed by atoms with Crippen LogP contribution in [0.2, 0.25) is 0 Å². The molecule has 2 aromatic heterocycles. The van der Waals surface area contributed by atoms with Crippen LogP contribution in [0.3, 0.4) is 0 Å². The largest absolute Gasteiger partial charge is 0.573 e. The summed E-state index contributed by atoms with van der Waals surface area (Å²) < 4.78 is 40.7. The summed E-state index contributed by atoms with van der Waals surface area (Å²) in [6.45, 7) is 3.11. The molecule has 0 spiro atoms. The second-order valence-electron chi connectivity index (χ2n) is 6.86. The molecule has 2 atom stereocenters. The average Bonchev–Trinajstić information content (AvgIpc) is 3.04. The van der Waals surface area contributed by atoms with Crippen LogP contribution in [0.1, 0.15) is 31.5 Å². The third-order valence-electron chi connectivity index (χ3n) is 4.77. The Morgan fingerprint density at radius 2 is 1.96 bits per heavy atom. The number of hydrogen-bond acceptors (Lipinski definition) is 4. The quantitative estimate of drug-likeness (QED) is 0.712. The Bertz CT molecular complexity index is 936. The molecule has 1 saturated heterocycles. The Kier molecular flexibility index (Phi) is 4.51. The summed E-state index contributed by atoms with van der Waals surface area (Å²) in [5.74, 6) is 0.933. The maximum Gasteiger partial charge on any atom is 0.573 e. The molecule has 1 aliphatic rings. The standard InChI is InChI=1S/C19H19F3N4O/c1-11-8-13(6-7-23-11)18-24-10-17-16(26-18)9-15(25-17)12-2-4-14(5-3-12)27-19(20,21)22/h2-5,9-11,13,23,25H,6-8H2,1H3. The van der Waals surface area contributed by atoms with Crippen LogP contribution < -0.4 is 10.1 Å². The van der Waals surface area contributed by atoms with Gasteiger partial charge in [0.05, 0.1) is 17.2 Å². The summed E-state index contributed by atoms with van der Waals surface area (Å²) >= 11 is 0. The van der Waals surface area contributed by atoms with Crippen LogP contribution in [-0.2, 0) is 0 Å². The van der Waals surface area contributed by atoms with Gasteiger partial charge in [0.2, 0.25) is 0 Å². The van der Waals surface area contributed by atoms with Crippen LogP contribution in [0, 0.1) is 0 Å². The SMILES string of the molecule is CC1CC(c2ncc3[nH]c(-c4ccc(OC(F)(F)F)cc4)cc3n2)CCN1. The lowest BCUT2D eigenvalue weighted by Crippen LogP contribution is -2.35. The normalized spacial score (nSPS) is 20.7. The van der Waals surface area contributed by atoms with E-state index in [-0.39, 0.29) is 5.75 Å². The first-order valence-electron chi connectivity index (χ1n) is 8.82. The molecule has 0 amide bonds. The van der Waals surface area contributed by atoms with E-state index >= 15 is 0 Å². The van der Waals surface area contributed by atoms with E-state index in [2.05, 4.69) is 26.9 Å². The minimum absolute atomic E-state index is 0.246. The molecule has 0 saturated carbocycles. The van der Waals surface area contributed by atoms with E-state index in [4.69, 9.17) is 4.98 Å². The van der Waals surface area contributed by atoms with Gasteiger partial charge in [0.25, 0.3) is 0 Å². The number of ether oxygens (including phenoxy) is 1. The molecule has 2 N–H and O–H groups in total. The number of rotatable bonds is 3. The zero-order valence-corrected chi connectivity index (χ0v) is 14.7. The molecule has 1 fully saturated rings. The van der Waals surface area contributed by atoms with E-state index in [1.807, 2.05) is 6.07 Å². The van der Waals surface area contributed by atoms with Crippen LogP contribution in [-0.4, -0.2) is 33.9 Å². The molecule has 4 rings (SSSR count). The lowest BCUT2D eigenvalue weighted by atomic mass is 9.92. The third-order valence-corrected chi connectivity index (χ3v) is 4.77. The number of hydrogen-bond donors (Lipinski definition) is 2. The fourth-order valence-electron chi connectivity index (χ4n) is 3.49. The van der Waals surface area contributed by atoms with Crippen molar-refractivity contribution in [1.82, 2.24) is 20.3 Å². The molecule has 3 aromatic rings. The molecule has 1 aliphatic heterocycles. The van der Waals surface area contributed by atoms with Crippen LogP contribution in [0.4, 0.5) is 13.2 Å². The molecule has 5 nitrogen and oxygen atoms in total. The molecular weight excluding hydrogens is 357 g/mol. The maximum absolute atomic E-state index is 12.3. The van der Waals surface area contributed by atoms with Crippen molar-refractivity contribution in [3.05, 3.63) is 42.4 Å². The first kappa shape index (κ1) is 17.8. The average molecular weight is 376 g/mol.